The summed E-state index contributed by atoms with van der Waals surface area (Å²) >= 11 is 5.50. The van der Waals surface area contributed by atoms with Crippen molar-refractivity contribution in [2.24, 2.45) is 5.92 Å². The lowest BCUT2D eigenvalue weighted by molar-refractivity contribution is 0.0968. The van der Waals surface area contributed by atoms with E-state index in [1.54, 1.807) is 37.4 Å². The predicted octanol–water partition coefficient (Wildman–Crippen LogP) is 1.99. The number of thiocarbonyl (C=S) groups is 1. The molecule has 2 atom stereocenters. The first kappa shape index (κ1) is 17.7. The minimum atomic E-state index is -0.227. The highest BCUT2D eigenvalue weighted by atomic mass is 32.1. The molecule has 27 heavy (non-hydrogen) atoms. The number of methoxy groups -OCH3 is 1. The van der Waals surface area contributed by atoms with Gasteiger partial charge in [0.15, 0.2) is 5.11 Å². The van der Waals surface area contributed by atoms with Crippen molar-refractivity contribution in [1.82, 2.24) is 14.8 Å². The van der Waals surface area contributed by atoms with Gasteiger partial charge in [0.1, 0.15) is 5.75 Å². The van der Waals surface area contributed by atoms with Crippen molar-refractivity contribution in [3.8, 4) is 5.75 Å². The normalized spacial score (nSPS) is 20.6. The monoisotopic (exact) mass is 383 g/mol. The number of carbonyl (C=O) groups excluding carboxylic acids is 1. The molecule has 1 aromatic carbocycles. The summed E-state index contributed by atoms with van der Waals surface area (Å²) in [6.45, 7) is 2.16. The Labute approximate surface area is 162 Å². The number of rotatable bonds is 2. The van der Waals surface area contributed by atoms with Crippen molar-refractivity contribution in [2.45, 2.75) is 18.9 Å². The number of hydrogen-bond acceptors (Lipinski definition) is 4. The Bertz CT molecular complexity index is 938. The lowest BCUT2D eigenvalue weighted by Gasteiger charge is -2.43. The van der Waals surface area contributed by atoms with Crippen LogP contribution in [0.3, 0.4) is 0 Å². The highest BCUT2D eigenvalue weighted by Gasteiger charge is 2.35. The molecule has 6 nitrogen and oxygen atoms in total. The van der Waals surface area contributed by atoms with Crippen LogP contribution in [0.1, 0.15) is 28.4 Å². The Kier molecular flexibility index (Phi) is 4.70. The van der Waals surface area contributed by atoms with Crippen molar-refractivity contribution < 1.29 is 9.53 Å². The van der Waals surface area contributed by atoms with Crippen molar-refractivity contribution in [2.75, 3.05) is 20.2 Å². The summed E-state index contributed by atoms with van der Waals surface area (Å²) in [5.74, 6) is 1.08. The zero-order chi connectivity index (χ0) is 19.0. The van der Waals surface area contributed by atoms with Crippen LogP contribution in [0, 0.1) is 5.92 Å². The quantitative estimate of drug-likeness (QED) is 0.804. The minimum Gasteiger partial charge on any atom is -0.497 e. The smallest absolute Gasteiger partial charge is 0.257 e. The summed E-state index contributed by atoms with van der Waals surface area (Å²) in [5.41, 5.74) is 1.66. The molecule has 1 N–H and O–H groups in total. The summed E-state index contributed by atoms with van der Waals surface area (Å²) in [5, 5.41) is 3.28. The second kappa shape index (κ2) is 7.15. The molecule has 1 saturated heterocycles. The van der Waals surface area contributed by atoms with Crippen LogP contribution >= 0.6 is 12.2 Å². The SMILES string of the molecule is COc1ccc(C(=O)NC(=S)N2CC3CC(C2)c2cccc(=O)n2C3)cc1. The molecule has 2 unspecified atom stereocenters. The molecule has 0 aliphatic carbocycles. The molecule has 1 fully saturated rings. The summed E-state index contributed by atoms with van der Waals surface area (Å²) in [6.07, 6.45) is 1.05. The number of amides is 1. The fourth-order valence-electron chi connectivity index (χ4n) is 4.05. The Hall–Kier alpha value is -2.67. The molecule has 140 valence electrons. The predicted molar refractivity (Wildman–Crippen MR) is 106 cm³/mol. The molecule has 1 aromatic heterocycles. The molecule has 4 rings (SSSR count). The first-order chi connectivity index (χ1) is 13.0. The number of likely N-dealkylation sites (tertiary alicyclic amines) is 1. The Morgan fingerprint density at radius 3 is 2.67 bits per heavy atom. The van der Waals surface area contributed by atoms with Crippen LogP contribution in [0.25, 0.3) is 0 Å². The van der Waals surface area contributed by atoms with E-state index in [1.165, 1.54) is 0 Å². The average molecular weight is 383 g/mol. The highest BCUT2D eigenvalue weighted by Crippen LogP contribution is 2.34. The van der Waals surface area contributed by atoms with Crippen molar-refractivity contribution in [3.63, 3.8) is 0 Å². The van der Waals surface area contributed by atoms with E-state index in [0.717, 1.165) is 18.7 Å². The summed E-state index contributed by atoms with van der Waals surface area (Å²) in [4.78, 5) is 26.6. The number of hydrogen-bond donors (Lipinski definition) is 1. The van der Waals surface area contributed by atoms with Crippen LogP contribution < -0.4 is 15.6 Å². The second-order valence-corrected chi connectivity index (χ2v) is 7.48. The third-order valence-electron chi connectivity index (χ3n) is 5.34. The number of fused-ring (bicyclic) bond motifs is 4. The largest absolute Gasteiger partial charge is 0.497 e. The molecular weight excluding hydrogens is 362 g/mol. The van der Waals surface area contributed by atoms with Gasteiger partial charge in [-0.1, -0.05) is 6.07 Å². The van der Waals surface area contributed by atoms with E-state index < -0.39 is 0 Å². The standard InChI is InChI=1S/C20H21N3O3S/c1-26-16-7-5-14(6-8-16)19(25)21-20(27)22-10-13-9-15(12-22)17-3-2-4-18(24)23(17)11-13/h2-8,13,15H,9-12H2,1H3,(H,21,25,27). The molecule has 7 heteroatoms. The van der Waals surface area contributed by atoms with Gasteiger partial charge in [0.25, 0.3) is 11.5 Å². The first-order valence-electron chi connectivity index (χ1n) is 8.99. The van der Waals surface area contributed by atoms with E-state index in [2.05, 4.69) is 10.2 Å². The Morgan fingerprint density at radius 2 is 1.93 bits per heavy atom. The van der Waals surface area contributed by atoms with Gasteiger partial charge < -0.3 is 14.2 Å². The molecule has 2 bridgehead atoms. The molecule has 0 saturated carbocycles. The maximum atomic E-state index is 12.5. The van der Waals surface area contributed by atoms with E-state index >= 15 is 0 Å². The molecule has 2 aliphatic heterocycles. The van der Waals surface area contributed by atoms with Gasteiger partial charge in [-0.15, -0.1) is 0 Å². The number of ether oxygens (including phenoxy) is 1. The summed E-state index contributed by atoms with van der Waals surface area (Å²) < 4.78 is 7.00. The topological polar surface area (TPSA) is 63.6 Å². The lowest BCUT2D eigenvalue weighted by atomic mass is 9.83. The van der Waals surface area contributed by atoms with Gasteiger partial charge >= 0.3 is 0 Å². The third-order valence-corrected chi connectivity index (χ3v) is 5.70. The van der Waals surface area contributed by atoms with Crippen LogP contribution in [-0.2, 0) is 6.54 Å². The first-order valence-corrected chi connectivity index (χ1v) is 9.40. The van der Waals surface area contributed by atoms with E-state index in [1.807, 2.05) is 16.7 Å². The second-order valence-electron chi connectivity index (χ2n) is 7.09. The van der Waals surface area contributed by atoms with Gasteiger partial charge in [-0.05, 0) is 54.9 Å². The number of aromatic nitrogens is 1. The molecule has 1 amide bonds. The van der Waals surface area contributed by atoms with Gasteiger partial charge in [0, 0.05) is 42.9 Å². The maximum Gasteiger partial charge on any atom is 0.257 e. The number of piperidine rings is 1. The number of nitrogens with zero attached hydrogens (tertiary/aromatic N) is 2. The molecular formula is C20H21N3O3S. The zero-order valence-electron chi connectivity index (χ0n) is 15.1. The molecule has 0 spiro atoms. The van der Waals surface area contributed by atoms with Crippen molar-refractivity contribution in [1.29, 1.82) is 0 Å². The number of nitrogens with one attached hydrogen (secondary N) is 1. The average Bonchev–Trinajstić information content (AvgIpc) is 2.68. The van der Waals surface area contributed by atoms with E-state index in [-0.39, 0.29) is 17.4 Å². The molecule has 3 heterocycles. The van der Waals surface area contributed by atoms with E-state index in [9.17, 15) is 9.59 Å². The number of benzene rings is 1. The summed E-state index contributed by atoms with van der Waals surface area (Å²) in [7, 11) is 1.59. The minimum absolute atomic E-state index is 0.0611. The van der Waals surface area contributed by atoms with Crippen molar-refractivity contribution in [3.05, 3.63) is 64.1 Å². The highest BCUT2D eigenvalue weighted by molar-refractivity contribution is 7.80. The molecule has 2 aromatic rings. The van der Waals surface area contributed by atoms with Crippen molar-refractivity contribution >= 4 is 23.2 Å². The maximum absolute atomic E-state index is 12.5. The van der Waals surface area contributed by atoms with Gasteiger partial charge in [-0.3, -0.25) is 14.9 Å². The van der Waals surface area contributed by atoms with Crippen LogP contribution in [-0.4, -0.2) is 40.7 Å². The Balaban J connectivity index is 1.46. The number of pyridine rings is 1. The zero-order valence-corrected chi connectivity index (χ0v) is 15.9. The van der Waals surface area contributed by atoms with Crippen LogP contribution in [0.5, 0.6) is 5.75 Å². The fourth-order valence-corrected chi connectivity index (χ4v) is 4.29. The molecule has 0 radical (unpaired) electrons. The van der Waals surface area contributed by atoms with Gasteiger partial charge in [0.05, 0.1) is 7.11 Å². The van der Waals surface area contributed by atoms with Gasteiger partial charge in [-0.25, -0.2) is 0 Å². The van der Waals surface area contributed by atoms with Crippen LogP contribution in [0.2, 0.25) is 0 Å². The van der Waals surface area contributed by atoms with Crippen LogP contribution in [0.15, 0.2) is 47.3 Å². The van der Waals surface area contributed by atoms with Gasteiger partial charge in [0.2, 0.25) is 0 Å². The lowest BCUT2D eigenvalue weighted by Crippen LogP contribution is -2.52. The molecule has 2 aliphatic rings. The van der Waals surface area contributed by atoms with Gasteiger partial charge in [-0.2, -0.15) is 0 Å². The number of carbonyl (C=O) groups is 1. The fraction of sp³-hybridized carbons (Fsp3) is 0.350. The third kappa shape index (κ3) is 3.47. The van der Waals surface area contributed by atoms with E-state index in [0.29, 0.717) is 35.4 Å². The van der Waals surface area contributed by atoms with E-state index in [4.69, 9.17) is 17.0 Å². The Morgan fingerprint density at radius 1 is 1.15 bits per heavy atom. The van der Waals surface area contributed by atoms with Crippen LogP contribution in [0.4, 0.5) is 0 Å². The summed E-state index contributed by atoms with van der Waals surface area (Å²) in [6, 6.07) is 12.4.